The molecule has 0 unspecified atom stereocenters. The molecule has 1 saturated heterocycles. The number of hydrogen-bond donors (Lipinski definition) is 1. The first-order valence-corrected chi connectivity index (χ1v) is 8.23. The molecule has 1 aliphatic heterocycles. The summed E-state index contributed by atoms with van der Waals surface area (Å²) in [5, 5.41) is 10.5. The molecule has 5 heteroatoms. The highest BCUT2D eigenvalue weighted by atomic mass is 16.4. The van der Waals surface area contributed by atoms with E-state index in [0.717, 1.165) is 30.3 Å². The van der Waals surface area contributed by atoms with Gasteiger partial charge in [0.1, 0.15) is 11.3 Å². The number of phenols is 1. The maximum absolute atomic E-state index is 11.9. The van der Waals surface area contributed by atoms with Gasteiger partial charge in [0.25, 0.3) is 0 Å². The Morgan fingerprint density at radius 1 is 1.29 bits per heavy atom. The summed E-state index contributed by atoms with van der Waals surface area (Å²) >= 11 is 0. The molecule has 0 spiro atoms. The lowest BCUT2D eigenvalue weighted by Gasteiger charge is -2.25. The van der Waals surface area contributed by atoms with Crippen molar-refractivity contribution >= 4 is 11.0 Å². The Labute approximate surface area is 139 Å². The van der Waals surface area contributed by atoms with Gasteiger partial charge in [-0.3, -0.25) is 4.90 Å². The predicted molar refractivity (Wildman–Crippen MR) is 91.9 cm³/mol. The molecule has 0 saturated carbocycles. The van der Waals surface area contributed by atoms with Crippen LogP contribution in [-0.4, -0.2) is 21.1 Å². The van der Waals surface area contributed by atoms with E-state index >= 15 is 0 Å². The van der Waals surface area contributed by atoms with Crippen molar-refractivity contribution in [2.75, 3.05) is 6.54 Å². The van der Waals surface area contributed by atoms with Crippen molar-refractivity contribution in [3.05, 3.63) is 64.3 Å². The minimum absolute atomic E-state index is 0.102. The molecule has 0 radical (unpaired) electrons. The van der Waals surface area contributed by atoms with Crippen molar-refractivity contribution in [1.82, 2.24) is 9.47 Å². The molecule has 1 atom stereocenters. The molecule has 1 N–H and O–H groups in total. The van der Waals surface area contributed by atoms with Crippen LogP contribution in [0.15, 0.2) is 51.8 Å². The van der Waals surface area contributed by atoms with Crippen LogP contribution in [0.4, 0.5) is 0 Å². The van der Waals surface area contributed by atoms with Crippen LogP contribution in [-0.2, 0) is 13.6 Å². The van der Waals surface area contributed by atoms with E-state index in [-0.39, 0.29) is 11.4 Å². The van der Waals surface area contributed by atoms with Gasteiger partial charge in [0.2, 0.25) is 0 Å². The number of nitrogens with zero attached hydrogens (tertiary/aromatic N) is 2. The second-order valence-corrected chi connectivity index (χ2v) is 6.44. The van der Waals surface area contributed by atoms with Gasteiger partial charge in [0.15, 0.2) is 0 Å². The second kappa shape index (κ2) is 5.83. The Bertz CT molecular complexity index is 941. The van der Waals surface area contributed by atoms with Crippen LogP contribution in [0, 0.1) is 0 Å². The Hall–Kier alpha value is -2.53. The zero-order chi connectivity index (χ0) is 16.7. The molecule has 1 aromatic carbocycles. The van der Waals surface area contributed by atoms with E-state index in [4.69, 9.17) is 4.42 Å². The molecular formula is C19H20N2O3. The summed E-state index contributed by atoms with van der Waals surface area (Å²) in [6, 6.07) is 11.1. The van der Waals surface area contributed by atoms with Crippen molar-refractivity contribution in [2.45, 2.75) is 25.4 Å². The third-order valence-electron chi connectivity index (χ3n) is 4.88. The van der Waals surface area contributed by atoms with Gasteiger partial charge in [-0.25, -0.2) is 4.79 Å². The average molecular weight is 324 g/mol. The first-order valence-electron chi connectivity index (χ1n) is 8.23. The molecule has 0 aliphatic carbocycles. The number of benzene rings is 1. The topological polar surface area (TPSA) is 58.6 Å². The van der Waals surface area contributed by atoms with Gasteiger partial charge < -0.3 is 14.1 Å². The van der Waals surface area contributed by atoms with Crippen molar-refractivity contribution in [1.29, 1.82) is 0 Å². The molecule has 5 nitrogen and oxygen atoms in total. The van der Waals surface area contributed by atoms with Crippen molar-refractivity contribution in [2.24, 2.45) is 7.05 Å². The van der Waals surface area contributed by atoms with E-state index in [1.165, 1.54) is 11.8 Å². The number of hydrogen-bond acceptors (Lipinski definition) is 4. The number of phenolic OH excluding ortho intramolecular Hbond substituents is 1. The summed E-state index contributed by atoms with van der Waals surface area (Å²) < 4.78 is 7.39. The van der Waals surface area contributed by atoms with Gasteiger partial charge in [0, 0.05) is 43.0 Å². The minimum atomic E-state index is -0.377. The van der Waals surface area contributed by atoms with Gasteiger partial charge in [-0.2, -0.15) is 0 Å². The molecule has 24 heavy (non-hydrogen) atoms. The van der Waals surface area contributed by atoms with Crippen LogP contribution >= 0.6 is 0 Å². The summed E-state index contributed by atoms with van der Waals surface area (Å²) in [4.78, 5) is 14.3. The van der Waals surface area contributed by atoms with Crippen LogP contribution in [0.1, 0.15) is 30.1 Å². The fourth-order valence-corrected chi connectivity index (χ4v) is 3.74. The molecule has 0 bridgehead atoms. The maximum Gasteiger partial charge on any atom is 0.336 e. The fourth-order valence-electron chi connectivity index (χ4n) is 3.74. The Kier molecular flexibility index (Phi) is 3.65. The molecule has 1 aliphatic rings. The molecule has 1 fully saturated rings. The first kappa shape index (κ1) is 15.0. The zero-order valence-electron chi connectivity index (χ0n) is 13.6. The third kappa shape index (κ3) is 2.61. The van der Waals surface area contributed by atoms with E-state index in [9.17, 15) is 9.90 Å². The second-order valence-electron chi connectivity index (χ2n) is 6.44. The summed E-state index contributed by atoms with van der Waals surface area (Å²) in [6.45, 7) is 1.71. The SMILES string of the molecule is Cn1cccc1[C@H]1CCCN1Cc1cc(=O)oc2cc(O)ccc12. The van der Waals surface area contributed by atoms with Crippen LogP contribution in [0.3, 0.4) is 0 Å². The third-order valence-corrected chi connectivity index (χ3v) is 4.88. The quantitative estimate of drug-likeness (QED) is 0.752. The summed E-state index contributed by atoms with van der Waals surface area (Å²) in [6.07, 6.45) is 4.34. The molecule has 3 aromatic rings. The lowest BCUT2D eigenvalue weighted by Crippen LogP contribution is -2.24. The van der Waals surface area contributed by atoms with E-state index in [0.29, 0.717) is 18.2 Å². The minimum Gasteiger partial charge on any atom is -0.508 e. The van der Waals surface area contributed by atoms with E-state index < -0.39 is 0 Å². The van der Waals surface area contributed by atoms with Gasteiger partial charge in [-0.05, 0) is 49.2 Å². The summed E-state index contributed by atoms with van der Waals surface area (Å²) in [5.41, 5.74) is 2.31. The standard InChI is InChI=1S/C19H20N2O3/c1-20-8-2-4-16(20)17-5-3-9-21(17)12-13-10-19(23)24-18-11-14(22)6-7-15(13)18/h2,4,6-8,10-11,17,22H,3,5,9,12H2,1H3/t17-/m1/s1. The number of aromatic hydroxyl groups is 1. The van der Waals surface area contributed by atoms with Gasteiger partial charge >= 0.3 is 5.63 Å². The fraction of sp³-hybridized carbons (Fsp3) is 0.316. The predicted octanol–water partition coefficient (Wildman–Crippen LogP) is 3.17. The Morgan fingerprint density at radius 3 is 2.96 bits per heavy atom. The van der Waals surface area contributed by atoms with Crippen LogP contribution in [0.2, 0.25) is 0 Å². The van der Waals surface area contributed by atoms with Crippen molar-refractivity contribution < 1.29 is 9.52 Å². The smallest absolute Gasteiger partial charge is 0.336 e. The van der Waals surface area contributed by atoms with E-state index in [1.54, 1.807) is 12.1 Å². The zero-order valence-corrected chi connectivity index (χ0v) is 13.6. The number of fused-ring (bicyclic) bond motifs is 1. The highest BCUT2D eigenvalue weighted by Gasteiger charge is 2.28. The van der Waals surface area contributed by atoms with Crippen molar-refractivity contribution in [3.8, 4) is 5.75 Å². The summed E-state index contributed by atoms with van der Waals surface area (Å²) in [5.74, 6) is 0.102. The largest absolute Gasteiger partial charge is 0.508 e. The van der Waals surface area contributed by atoms with Gasteiger partial charge in [-0.1, -0.05) is 0 Å². The number of aromatic nitrogens is 1. The van der Waals surface area contributed by atoms with Gasteiger partial charge in [0.05, 0.1) is 6.04 Å². The van der Waals surface area contributed by atoms with E-state index in [1.807, 2.05) is 6.07 Å². The summed E-state index contributed by atoms with van der Waals surface area (Å²) in [7, 11) is 2.07. The van der Waals surface area contributed by atoms with Crippen LogP contribution in [0.5, 0.6) is 5.75 Å². The molecule has 0 amide bonds. The lowest BCUT2D eigenvalue weighted by atomic mass is 10.1. The Morgan fingerprint density at radius 2 is 2.17 bits per heavy atom. The number of aryl methyl sites for hydroxylation is 1. The van der Waals surface area contributed by atoms with Crippen LogP contribution < -0.4 is 5.63 Å². The van der Waals surface area contributed by atoms with Crippen molar-refractivity contribution in [3.63, 3.8) is 0 Å². The number of likely N-dealkylation sites (tertiary alicyclic amines) is 1. The normalized spacial score (nSPS) is 18.5. The lowest BCUT2D eigenvalue weighted by molar-refractivity contribution is 0.241. The first-order chi connectivity index (χ1) is 11.6. The Balaban J connectivity index is 1.71. The molecule has 2 aromatic heterocycles. The monoisotopic (exact) mass is 324 g/mol. The molecular weight excluding hydrogens is 304 g/mol. The highest BCUT2D eigenvalue weighted by molar-refractivity contribution is 5.81. The highest BCUT2D eigenvalue weighted by Crippen LogP contribution is 2.34. The average Bonchev–Trinajstić information content (AvgIpc) is 3.15. The number of rotatable bonds is 3. The van der Waals surface area contributed by atoms with Crippen LogP contribution in [0.25, 0.3) is 11.0 Å². The molecule has 4 rings (SSSR count). The van der Waals surface area contributed by atoms with Gasteiger partial charge in [-0.15, -0.1) is 0 Å². The molecule has 3 heterocycles. The van der Waals surface area contributed by atoms with E-state index in [2.05, 4.69) is 34.8 Å². The maximum atomic E-state index is 11.9. The molecule has 124 valence electrons.